The Hall–Kier alpha value is -1.90. The van der Waals surface area contributed by atoms with Gasteiger partial charge in [-0.2, -0.15) is 0 Å². The molecule has 2 rings (SSSR count). The maximum atomic E-state index is 13.0. The van der Waals surface area contributed by atoms with Gasteiger partial charge in [0, 0.05) is 5.56 Å². The fourth-order valence-corrected chi connectivity index (χ4v) is 1.77. The van der Waals surface area contributed by atoms with Gasteiger partial charge in [0.05, 0.1) is 6.20 Å². The van der Waals surface area contributed by atoms with Gasteiger partial charge < -0.3 is 4.74 Å². The van der Waals surface area contributed by atoms with E-state index in [1.807, 2.05) is 24.3 Å². The Bertz CT molecular complexity index is 570. The molecule has 0 unspecified atom stereocenters. The van der Waals surface area contributed by atoms with Crippen molar-refractivity contribution in [3.63, 3.8) is 0 Å². The number of aryl methyl sites for hydroxylation is 1. The van der Waals surface area contributed by atoms with Crippen LogP contribution in [0, 0.1) is 12.7 Å². The molecule has 0 aliphatic heterocycles. The van der Waals surface area contributed by atoms with Crippen LogP contribution >= 0.6 is 0 Å². The van der Waals surface area contributed by atoms with Crippen molar-refractivity contribution in [2.45, 2.75) is 33.1 Å². The number of halogens is 1. The minimum Gasteiger partial charge on any atom is -0.439 e. The maximum absolute atomic E-state index is 13.0. The molecule has 0 N–H and O–H groups in total. The minimum atomic E-state index is -0.354. The van der Waals surface area contributed by atoms with Gasteiger partial charge in [0.25, 0.3) is 0 Å². The summed E-state index contributed by atoms with van der Waals surface area (Å²) in [7, 11) is 0. The number of hydrogen-bond donors (Lipinski definition) is 0. The summed E-state index contributed by atoms with van der Waals surface area (Å²) in [4.78, 5) is 3.95. The van der Waals surface area contributed by atoms with E-state index in [2.05, 4.69) is 25.8 Å². The van der Waals surface area contributed by atoms with Gasteiger partial charge >= 0.3 is 0 Å². The zero-order chi connectivity index (χ0) is 14.0. The summed E-state index contributed by atoms with van der Waals surface area (Å²) < 4.78 is 18.6. The predicted octanol–water partition coefficient (Wildman–Crippen LogP) is 4.62. The SMILES string of the molecule is Cc1cc(F)cnc1Oc1ccc(C(C)(C)C)cc1. The third-order valence-electron chi connectivity index (χ3n) is 2.93. The molecule has 1 aromatic heterocycles. The van der Waals surface area contributed by atoms with Gasteiger partial charge in [-0.15, -0.1) is 0 Å². The van der Waals surface area contributed by atoms with Crippen molar-refractivity contribution >= 4 is 0 Å². The van der Waals surface area contributed by atoms with Crippen LogP contribution in [0.2, 0.25) is 0 Å². The molecule has 0 bridgehead atoms. The van der Waals surface area contributed by atoms with Gasteiger partial charge in [-0.05, 0) is 36.1 Å². The molecule has 0 amide bonds. The second kappa shape index (κ2) is 5.00. The van der Waals surface area contributed by atoms with Crippen LogP contribution in [-0.4, -0.2) is 4.98 Å². The van der Waals surface area contributed by atoms with Gasteiger partial charge in [0.1, 0.15) is 11.6 Å². The summed E-state index contributed by atoms with van der Waals surface area (Å²) in [5, 5.41) is 0. The highest BCUT2D eigenvalue weighted by molar-refractivity contribution is 5.35. The van der Waals surface area contributed by atoms with Crippen LogP contribution in [0.5, 0.6) is 11.6 Å². The molecule has 1 heterocycles. The summed E-state index contributed by atoms with van der Waals surface area (Å²) in [5.41, 5.74) is 2.03. The van der Waals surface area contributed by atoms with Crippen LogP contribution in [0.15, 0.2) is 36.5 Å². The number of aromatic nitrogens is 1. The fraction of sp³-hybridized carbons (Fsp3) is 0.312. The van der Waals surface area contributed by atoms with E-state index in [-0.39, 0.29) is 11.2 Å². The van der Waals surface area contributed by atoms with E-state index in [1.165, 1.54) is 11.6 Å². The molecule has 100 valence electrons. The van der Waals surface area contributed by atoms with E-state index < -0.39 is 0 Å². The average Bonchev–Trinajstić information content (AvgIpc) is 2.32. The van der Waals surface area contributed by atoms with Crippen LogP contribution in [-0.2, 0) is 5.41 Å². The third-order valence-corrected chi connectivity index (χ3v) is 2.93. The highest BCUT2D eigenvalue weighted by Crippen LogP contribution is 2.27. The molecule has 2 nitrogen and oxygen atoms in total. The second-order valence-electron chi connectivity index (χ2n) is 5.65. The Balaban J connectivity index is 2.20. The maximum Gasteiger partial charge on any atom is 0.222 e. The first-order valence-electron chi connectivity index (χ1n) is 6.27. The topological polar surface area (TPSA) is 22.1 Å². The minimum absolute atomic E-state index is 0.114. The van der Waals surface area contributed by atoms with Crippen molar-refractivity contribution in [1.82, 2.24) is 4.98 Å². The van der Waals surface area contributed by atoms with E-state index >= 15 is 0 Å². The Morgan fingerprint density at radius 2 is 1.74 bits per heavy atom. The quantitative estimate of drug-likeness (QED) is 0.785. The Morgan fingerprint density at radius 3 is 2.26 bits per heavy atom. The third kappa shape index (κ3) is 3.31. The lowest BCUT2D eigenvalue weighted by molar-refractivity contribution is 0.454. The number of pyridine rings is 1. The second-order valence-corrected chi connectivity index (χ2v) is 5.65. The Labute approximate surface area is 113 Å². The fourth-order valence-electron chi connectivity index (χ4n) is 1.77. The lowest BCUT2D eigenvalue weighted by Gasteiger charge is -2.19. The summed E-state index contributed by atoms with van der Waals surface area (Å²) in [6.45, 7) is 8.26. The highest BCUT2D eigenvalue weighted by atomic mass is 19.1. The zero-order valence-corrected chi connectivity index (χ0v) is 11.7. The van der Waals surface area contributed by atoms with Crippen molar-refractivity contribution < 1.29 is 9.13 Å². The van der Waals surface area contributed by atoms with Crippen molar-refractivity contribution in [2.24, 2.45) is 0 Å². The van der Waals surface area contributed by atoms with E-state index in [4.69, 9.17) is 4.74 Å². The number of hydrogen-bond acceptors (Lipinski definition) is 2. The molecule has 0 saturated carbocycles. The number of nitrogens with zero attached hydrogens (tertiary/aromatic N) is 1. The first-order valence-corrected chi connectivity index (χ1v) is 6.27. The van der Waals surface area contributed by atoms with E-state index in [1.54, 1.807) is 6.92 Å². The van der Waals surface area contributed by atoms with Gasteiger partial charge in [0.2, 0.25) is 5.88 Å². The molecule has 0 spiro atoms. The molecule has 0 radical (unpaired) electrons. The monoisotopic (exact) mass is 259 g/mol. The highest BCUT2D eigenvalue weighted by Gasteiger charge is 2.13. The molecule has 0 aliphatic carbocycles. The van der Waals surface area contributed by atoms with Gasteiger partial charge in [-0.1, -0.05) is 32.9 Å². The van der Waals surface area contributed by atoms with E-state index in [9.17, 15) is 4.39 Å². The summed E-state index contributed by atoms with van der Waals surface area (Å²) in [5.74, 6) is 0.785. The van der Waals surface area contributed by atoms with Crippen molar-refractivity contribution in [3.8, 4) is 11.6 Å². The van der Waals surface area contributed by atoms with Crippen LogP contribution in [0.3, 0.4) is 0 Å². The standard InChI is InChI=1S/C16H18FNO/c1-11-9-13(17)10-18-15(11)19-14-7-5-12(6-8-14)16(2,3)4/h5-10H,1-4H3. The lowest BCUT2D eigenvalue weighted by Crippen LogP contribution is -2.10. The molecule has 0 aliphatic rings. The molecular formula is C16H18FNO. The number of ether oxygens (including phenoxy) is 1. The van der Waals surface area contributed by atoms with Crippen LogP contribution < -0.4 is 4.74 Å². The van der Waals surface area contributed by atoms with Crippen molar-refractivity contribution in [2.75, 3.05) is 0 Å². The summed E-state index contributed by atoms with van der Waals surface area (Å²) >= 11 is 0. The van der Waals surface area contributed by atoms with Crippen molar-refractivity contribution in [1.29, 1.82) is 0 Å². The molecule has 1 aromatic carbocycles. The van der Waals surface area contributed by atoms with Crippen LogP contribution in [0.1, 0.15) is 31.9 Å². The molecule has 3 heteroatoms. The first-order chi connectivity index (χ1) is 8.86. The Kier molecular flexibility index (Phi) is 3.56. The van der Waals surface area contributed by atoms with Gasteiger partial charge in [0.15, 0.2) is 0 Å². The molecular weight excluding hydrogens is 241 g/mol. The normalized spacial score (nSPS) is 11.4. The zero-order valence-electron chi connectivity index (χ0n) is 11.7. The van der Waals surface area contributed by atoms with E-state index in [0.717, 1.165) is 6.20 Å². The smallest absolute Gasteiger partial charge is 0.222 e. The number of benzene rings is 1. The van der Waals surface area contributed by atoms with Crippen LogP contribution in [0.4, 0.5) is 4.39 Å². The van der Waals surface area contributed by atoms with Crippen LogP contribution in [0.25, 0.3) is 0 Å². The molecule has 2 aromatic rings. The van der Waals surface area contributed by atoms with Gasteiger partial charge in [-0.25, -0.2) is 9.37 Å². The molecule has 0 fully saturated rings. The summed E-state index contributed by atoms with van der Waals surface area (Å²) in [6.07, 6.45) is 1.16. The number of rotatable bonds is 2. The van der Waals surface area contributed by atoms with Gasteiger partial charge in [-0.3, -0.25) is 0 Å². The first kappa shape index (κ1) is 13.5. The Morgan fingerprint density at radius 1 is 1.11 bits per heavy atom. The summed E-state index contributed by atoms with van der Waals surface area (Å²) in [6, 6.07) is 9.30. The molecule has 0 atom stereocenters. The van der Waals surface area contributed by atoms with Crippen molar-refractivity contribution in [3.05, 3.63) is 53.5 Å². The van der Waals surface area contributed by atoms with E-state index in [0.29, 0.717) is 17.2 Å². The predicted molar refractivity (Wildman–Crippen MR) is 74.1 cm³/mol. The largest absolute Gasteiger partial charge is 0.439 e. The lowest BCUT2D eigenvalue weighted by atomic mass is 9.87. The average molecular weight is 259 g/mol. The molecule has 0 saturated heterocycles. The molecule has 19 heavy (non-hydrogen) atoms.